The second-order valence-electron chi connectivity index (χ2n) is 5.84. The minimum Gasteiger partial charge on any atom is -0.326 e. The normalized spacial score (nSPS) is 15.0. The van der Waals surface area contributed by atoms with Crippen molar-refractivity contribution >= 4 is 35.3 Å². The van der Waals surface area contributed by atoms with Crippen LogP contribution in [0.15, 0.2) is 41.8 Å². The van der Waals surface area contributed by atoms with E-state index >= 15 is 0 Å². The first-order valence-electron chi connectivity index (χ1n) is 7.96. The number of rotatable bonds is 5. The van der Waals surface area contributed by atoms with Crippen molar-refractivity contribution in [3.63, 3.8) is 0 Å². The van der Waals surface area contributed by atoms with Crippen molar-refractivity contribution in [2.24, 2.45) is 5.92 Å². The second-order valence-corrected chi connectivity index (χ2v) is 6.79. The van der Waals surface area contributed by atoms with Crippen LogP contribution in [-0.4, -0.2) is 19.0 Å². The highest BCUT2D eigenvalue weighted by atomic mass is 35.5. The molecule has 1 amide bonds. The molecule has 1 aromatic heterocycles. The van der Waals surface area contributed by atoms with E-state index in [9.17, 15) is 4.79 Å². The maximum atomic E-state index is 12.1. The second kappa shape index (κ2) is 9.06. The van der Waals surface area contributed by atoms with E-state index in [2.05, 4.69) is 28.1 Å². The molecule has 1 aliphatic heterocycles. The largest absolute Gasteiger partial charge is 0.326 e. The van der Waals surface area contributed by atoms with Gasteiger partial charge >= 0.3 is 0 Å². The van der Waals surface area contributed by atoms with Gasteiger partial charge in [0.25, 0.3) is 0 Å². The fourth-order valence-electron chi connectivity index (χ4n) is 2.92. The van der Waals surface area contributed by atoms with Gasteiger partial charge in [0, 0.05) is 17.0 Å². The van der Waals surface area contributed by atoms with E-state index in [-0.39, 0.29) is 18.3 Å². The molecule has 0 aliphatic carbocycles. The quantitative estimate of drug-likeness (QED) is 0.830. The van der Waals surface area contributed by atoms with Crippen molar-refractivity contribution in [1.29, 1.82) is 0 Å². The average molecular weight is 351 g/mol. The Morgan fingerprint density at radius 3 is 2.78 bits per heavy atom. The molecular weight excluding hydrogens is 328 g/mol. The lowest BCUT2D eigenvalue weighted by molar-refractivity contribution is -0.116. The maximum Gasteiger partial charge on any atom is 0.224 e. The topological polar surface area (TPSA) is 41.1 Å². The summed E-state index contributed by atoms with van der Waals surface area (Å²) in [4.78, 5) is 13.4. The molecule has 1 aliphatic rings. The van der Waals surface area contributed by atoms with Gasteiger partial charge in [-0.3, -0.25) is 4.79 Å². The summed E-state index contributed by atoms with van der Waals surface area (Å²) in [6.45, 7) is 2.18. The molecule has 0 radical (unpaired) electrons. The number of anilines is 1. The van der Waals surface area contributed by atoms with Gasteiger partial charge in [0.05, 0.1) is 0 Å². The maximum absolute atomic E-state index is 12.1. The number of halogens is 1. The summed E-state index contributed by atoms with van der Waals surface area (Å²) in [6, 6.07) is 12.2. The molecule has 1 saturated heterocycles. The number of hydrogen-bond acceptors (Lipinski definition) is 3. The summed E-state index contributed by atoms with van der Waals surface area (Å²) in [5.41, 5.74) is 2.05. The first-order valence-corrected chi connectivity index (χ1v) is 8.84. The van der Waals surface area contributed by atoms with Crippen LogP contribution in [-0.2, 0) is 4.79 Å². The molecule has 1 aromatic carbocycles. The van der Waals surface area contributed by atoms with E-state index in [4.69, 9.17) is 0 Å². The van der Waals surface area contributed by atoms with Crippen molar-refractivity contribution in [2.75, 3.05) is 18.4 Å². The number of benzene rings is 1. The van der Waals surface area contributed by atoms with E-state index in [1.807, 2.05) is 24.3 Å². The Kier molecular flexibility index (Phi) is 7.09. The Hall–Kier alpha value is -1.36. The first kappa shape index (κ1) is 18.0. The average Bonchev–Trinajstić information content (AvgIpc) is 3.09. The van der Waals surface area contributed by atoms with Crippen LogP contribution in [0.3, 0.4) is 0 Å². The molecule has 0 bridgehead atoms. The first-order chi connectivity index (χ1) is 10.8. The number of carbonyl (C=O) groups is 1. The van der Waals surface area contributed by atoms with Crippen molar-refractivity contribution < 1.29 is 4.79 Å². The Labute approximate surface area is 147 Å². The summed E-state index contributed by atoms with van der Waals surface area (Å²) < 4.78 is 0. The zero-order chi connectivity index (χ0) is 15.2. The van der Waals surface area contributed by atoms with Gasteiger partial charge in [-0.2, -0.15) is 0 Å². The predicted molar refractivity (Wildman–Crippen MR) is 100 cm³/mol. The van der Waals surface area contributed by atoms with Crippen molar-refractivity contribution in [3.05, 3.63) is 41.8 Å². The van der Waals surface area contributed by atoms with Gasteiger partial charge in [0.15, 0.2) is 0 Å². The molecule has 0 spiro atoms. The zero-order valence-electron chi connectivity index (χ0n) is 13.1. The van der Waals surface area contributed by atoms with Crippen LogP contribution in [0.4, 0.5) is 5.69 Å². The van der Waals surface area contributed by atoms with Gasteiger partial charge in [-0.25, -0.2) is 0 Å². The van der Waals surface area contributed by atoms with Crippen molar-refractivity contribution in [3.8, 4) is 10.4 Å². The molecule has 5 heteroatoms. The van der Waals surface area contributed by atoms with Crippen LogP contribution >= 0.6 is 23.7 Å². The fourth-order valence-corrected chi connectivity index (χ4v) is 3.65. The molecule has 3 rings (SSSR count). The molecule has 2 aromatic rings. The van der Waals surface area contributed by atoms with E-state index in [0.717, 1.165) is 30.8 Å². The zero-order valence-corrected chi connectivity index (χ0v) is 14.7. The predicted octanol–water partition coefficient (Wildman–Crippen LogP) is 4.56. The van der Waals surface area contributed by atoms with Gasteiger partial charge in [-0.05, 0) is 67.4 Å². The number of carbonyl (C=O) groups excluding carboxylic acids is 1. The Morgan fingerprint density at radius 2 is 2.04 bits per heavy atom. The van der Waals surface area contributed by atoms with E-state index in [1.54, 1.807) is 11.3 Å². The third-order valence-electron chi connectivity index (χ3n) is 4.19. The standard InChI is InChI=1S/C18H22N2OS.ClH/c21-18(7-6-14-8-10-19-11-9-14)20-16-4-1-3-15(13-16)17-5-2-12-22-17;/h1-5,12-14,19H,6-11H2,(H,20,21);1H. The molecular formula is C18H23ClN2OS. The molecule has 0 saturated carbocycles. The summed E-state index contributed by atoms with van der Waals surface area (Å²) in [6.07, 6.45) is 4.01. The third-order valence-corrected chi connectivity index (χ3v) is 5.11. The van der Waals surface area contributed by atoms with Gasteiger partial charge < -0.3 is 10.6 Å². The molecule has 0 unspecified atom stereocenters. The summed E-state index contributed by atoms with van der Waals surface area (Å²) in [5.74, 6) is 0.825. The lowest BCUT2D eigenvalue weighted by atomic mass is 9.93. The SMILES string of the molecule is Cl.O=C(CCC1CCNCC1)Nc1cccc(-c2cccs2)c1. The smallest absolute Gasteiger partial charge is 0.224 e. The Bertz CT molecular complexity index is 609. The minimum atomic E-state index is 0. The molecule has 2 heterocycles. The highest BCUT2D eigenvalue weighted by Crippen LogP contribution is 2.27. The van der Waals surface area contributed by atoms with Gasteiger partial charge in [-0.1, -0.05) is 18.2 Å². The number of hydrogen-bond donors (Lipinski definition) is 2. The van der Waals surface area contributed by atoms with Gasteiger partial charge in [-0.15, -0.1) is 23.7 Å². The summed E-state index contributed by atoms with van der Waals surface area (Å²) in [5, 5.41) is 8.47. The van der Waals surface area contributed by atoms with Crippen molar-refractivity contribution in [1.82, 2.24) is 5.32 Å². The Morgan fingerprint density at radius 1 is 1.22 bits per heavy atom. The van der Waals surface area contributed by atoms with Gasteiger partial charge in [0.2, 0.25) is 5.91 Å². The number of amides is 1. The van der Waals surface area contributed by atoms with Crippen LogP contribution in [0.1, 0.15) is 25.7 Å². The van der Waals surface area contributed by atoms with Crippen LogP contribution < -0.4 is 10.6 Å². The number of piperidine rings is 1. The van der Waals surface area contributed by atoms with E-state index in [0.29, 0.717) is 12.3 Å². The lowest BCUT2D eigenvalue weighted by Gasteiger charge is -2.22. The van der Waals surface area contributed by atoms with Crippen LogP contribution in [0, 0.1) is 5.92 Å². The highest BCUT2D eigenvalue weighted by molar-refractivity contribution is 7.13. The van der Waals surface area contributed by atoms with Gasteiger partial charge in [0.1, 0.15) is 0 Å². The molecule has 2 N–H and O–H groups in total. The molecule has 124 valence electrons. The molecule has 3 nitrogen and oxygen atoms in total. The Balaban J connectivity index is 0.00000192. The monoisotopic (exact) mass is 350 g/mol. The minimum absolute atomic E-state index is 0. The van der Waals surface area contributed by atoms with Crippen LogP contribution in [0.2, 0.25) is 0 Å². The van der Waals surface area contributed by atoms with E-state index in [1.165, 1.54) is 17.7 Å². The highest BCUT2D eigenvalue weighted by Gasteiger charge is 2.14. The molecule has 23 heavy (non-hydrogen) atoms. The number of nitrogens with one attached hydrogen (secondary N) is 2. The number of thiophene rings is 1. The fraction of sp³-hybridized carbons (Fsp3) is 0.389. The van der Waals surface area contributed by atoms with Crippen LogP contribution in [0.25, 0.3) is 10.4 Å². The van der Waals surface area contributed by atoms with E-state index < -0.39 is 0 Å². The van der Waals surface area contributed by atoms with Crippen molar-refractivity contribution in [2.45, 2.75) is 25.7 Å². The summed E-state index contributed by atoms with van der Waals surface area (Å²) >= 11 is 1.71. The molecule has 1 fully saturated rings. The summed E-state index contributed by atoms with van der Waals surface area (Å²) in [7, 11) is 0. The lowest BCUT2D eigenvalue weighted by Crippen LogP contribution is -2.28. The third kappa shape index (κ3) is 5.34. The van der Waals surface area contributed by atoms with Crippen LogP contribution in [0.5, 0.6) is 0 Å². The molecule has 0 atom stereocenters.